The Labute approximate surface area is 264 Å². The molecule has 2 N–H and O–H groups in total. The van der Waals surface area contributed by atoms with Crippen LogP contribution in [0.25, 0.3) is 0 Å². The van der Waals surface area contributed by atoms with Gasteiger partial charge in [-0.25, -0.2) is 13.4 Å². The summed E-state index contributed by atoms with van der Waals surface area (Å²) in [6.07, 6.45) is -4.10. The second-order valence-corrected chi connectivity index (χ2v) is 15.1. The number of carbonyl (C=O) groups excluding carboxylic acids is 1. The normalized spacial score (nSPS) is 16.4. The summed E-state index contributed by atoms with van der Waals surface area (Å²) in [7, 11) is -4.89. The number of amides is 1. The fraction of sp³-hybridized carbons (Fsp3) is 0.414. The largest absolute Gasteiger partial charge is 0.421 e. The third-order valence-corrected chi connectivity index (χ3v) is 11.2. The Morgan fingerprint density at radius 3 is 2.26 bits per heavy atom. The van der Waals surface area contributed by atoms with Crippen LogP contribution in [0, 0.1) is 0 Å². The fourth-order valence-electron chi connectivity index (χ4n) is 5.34. The van der Waals surface area contributed by atoms with Gasteiger partial charge in [-0.2, -0.15) is 18.2 Å². The van der Waals surface area contributed by atoms with Crippen LogP contribution >= 0.6 is 7.60 Å². The van der Waals surface area contributed by atoms with Gasteiger partial charge in [-0.15, -0.1) is 0 Å². The van der Waals surface area contributed by atoms with Gasteiger partial charge < -0.3 is 29.5 Å². The standard InChI is InChI=1S/C29H34F3N6O6PS/c1-4-43-45(40,44-5-2)18-19-6-8-20(9-7-19)34-28-33-16-22(29(30,31)32)26(36-28)35-23-10-11-24(21-17-37(3)27(39)25(21)23)38-12-14-46(41,42)15-13-38/h6-11,16H,4-5,12-15,17-18H2,1-3H3,(H2,33,34,35,36). The van der Waals surface area contributed by atoms with E-state index in [9.17, 15) is 30.9 Å². The van der Waals surface area contributed by atoms with Crippen LogP contribution in [0.5, 0.6) is 0 Å². The lowest BCUT2D eigenvalue weighted by Gasteiger charge is -2.30. The van der Waals surface area contributed by atoms with Crippen LogP contribution in [0.4, 0.5) is 42.0 Å². The van der Waals surface area contributed by atoms with Gasteiger partial charge in [0.1, 0.15) is 11.4 Å². The van der Waals surface area contributed by atoms with Crippen molar-refractivity contribution in [3.05, 3.63) is 64.8 Å². The van der Waals surface area contributed by atoms with E-state index < -0.39 is 35.0 Å². The molecule has 3 heterocycles. The molecule has 17 heteroatoms. The van der Waals surface area contributed by atoms with Gasteiger partial charge in [0, 0.05) is 49.8 Å². The van der Waals surface area contributed by atoms with E-state index in [0.29, 0.717) is 28.7 Å². The molecule has 2 aromatic carbocycles. The van der Waals surface area contributed by atoms with E-state index >= 15 is 0 Å². The molecule has 0 unspecified atom stereocenters. The third kappa shape index (κ3) is 7.46. The summed E-state index contributed by atoms with van der Waals surface area (Å²) < 4.78 is 89.7. The van der Waals surface area contributed by atoms with Gasteiger partial charge in [-0.1, -0.05) is 12.1 Å². The molecular formula is C29H34F3N6O6PS. The number of hydrogen-bond donors (Lipinski definition) is 2. The van der Waals surface area contributed by atoms with Crippen molar-refractivity contribution in [1.82, 2.24) is 14.9 Å². The van der Waals surface area contributed by atoms with Crippen LogP contribution < -0.4 is 15.5 Å². The summed E-state index contributed by atoms with van der Waals surface area (Å²) in [5.41, 5.74) is 1.58. The lowest BCUT2D eigenvalue weighted by molar-refractivity contribution is -0.137. The molecular weight excluding hydrogens is 648 g/mol. The van der Waals surface area contributed by atoms with Crippen LogP contribution in [-0.4, -0.2) is 74.0 Å². The molecule has 1 fully saturated rings. The summed E-state index contributed by atoms with van der Waals surface area (Å²) in [5, 5.41) is 5.61. The van der Waals surface area contributed by atoms with Crippen molar-refractivity contribution in [2.45, 2.75) is 32.7 Å². The van der Waals surface area contributed by atoms with Gasteiger partial charge in [-0.3, -0.25) is 9.36 Å². The number of anilines is 5. The second kappa shape index (κ2) is 13.2. The van der Waals surface area contributed by atoms with Gasteiger partial charge in [0.15, 0.2) is 9.84 Å². The number of benzene rings is 2. The number of carbonyl (C=O) groups is 1. The minimum Gasteiger partial charge on any atom is -0.369 e. The van der Waals surface area contributed by atoms with E-state index in [1.807, 2.05) is 4.90 Å². The highest BCUT2D eigenvalue weighted by Crippen LogP contribution is 2.51. The number of fused-ring (bicyclic) bond motifs is 1. The number of nitrogens with one attached hydrogen (secondary N) is 2. The summed E-state index contributed by atoms with van der Waals surface area (Å²) in [6.45, 7) is 4.59. The van der Waals surface area contributed by atoms with E-state index in [1.165, 1.54) is 11.0 Å². The average molecular weight is 683 g/mol. The number of nitrogens with zero attached hydrogens (tertiary/aromatic N) is 4. The number of alkyl halides is 3. The maximum absolute atomic E-state index is 14.1. The molecule has 0 bridgehead atoms. The van der Waals surface area contributed by atoms with Crippen molar-refractivity contribution >= 4 is 52.2 Å². The number of aromatic nitrogens is 2. The molecule has 2 aliphatic heterocycles. The SMILES string of the molecule is CCOP(=O)(Cc1ccc(Nc2ncc(C(F)(F)F)c(Nc3ccc(N4CCS(=O)(=O)CC4)c4c3C(=O)N(C)C4)n2)cc1)OCC. The molecule has 0 aliphatic carbocycles. The molecule has 46 heavy (non-hydrogen) atoms. The van der Waals surface area contributed by atoms with Crippen molar-refractivity contribution < 1.29 is 40.0 Å². The molecule has 0 radical (unpaired) electrons. The van der Waals surface area contributed by atoms with Crippen molar-refractivity contribution in [1.29, 1.82) is 0 Å². The van der Waals surface area contributed by atoms with Crippen LogP contribution in [0.3, 0.4) is 0 Å². The van der Waals surface area contributed by atoms with Gasteiger partial charge in [-0.05, 0) is 43.7 Å². The number of rotatable bonds is 11. The highest BCUT2D eigenvalue weighted by Gasteiger charge is 2.37. The zero-order chi connectivity index (χ0) is 33.3. The maximum atomic E-state index is 14.1. The summed E-state index contributed by atoms with van der Waals surface area (Å²) in [5.74, 6) is -1.13. The molecule has 248 valence electrons. The zero-order valence-electron chi connectivity index (χ0n) is 25.4. The first-order valence-corrected chi connectivity index (χ1v) is 18.1. The Morgan fingerprint density at radius 1 is 1.00 bits per heavy atom. The van der Waals surface area contributed by atoms with Crippen molar-refractivity contribution in [3.8, 4) is 0 Å². The molecule has 5 rings (SSSR count). The highest BCUT2D eigenvalue weighted by atomic mass is 32.2. The van der Waals surface area contributed by atoms with Gasteiger partial charge in [0.2, 0.25) is 5.95 Å². The quantitative estimate of drug-likeness (QED) is 0.245. The molecule has 0 saturated carbocycles. The van der Waals surface area contributed by atoms with Gasteiger partial charge in [0.25, 0.3) is 5.91 Å². The molecule has 1 amide bonds. The minimum atomic E-state index is -4.80. The maximum Gasteiger partial charge on any atom is 0.421 e. The summed E-state index contributed by atoms with van der Waals surface area (Å²) in [6, 6.07) is 9.82. The van der Waals surface area contributed by atoms with Crippen LogP contribution in [0.15, 0.2) is 42.6 Å². The van der Waals surface area contributed by atoms with Crippen molar-refractivity contribution in [2.75, 3.05) is 60.4 Å². The first-order valence-electron chi connectivity index (χ1n) is 14.5. The molecule has 3 aromatic rings. The Hall–Kier alpha value is -3.72. The van der Waals surface area contributed by atoms with Crippen LogP contribution in [-0.2, 0) is 42.3 Å². The summed E-state index contributed by atoms with van der Waals surface area (Å²) in [4.78, 5) is 24.5. The Bertz CT molecular complexity index is 1750. The molecule has 12 nitrogen and oxygen atoms in total. The molecule has 0 spiro atoms. The first-order chi connectivity index (χ1) is 21.7. The fourth-order valence-corrected chi connectivity index (χ4v) is 8.24. The molecule has 0 atom stereocenters. The van der Waals surface area contributed by atoms with E-state index in [0.717, 1.165) is 0 Å². The van der Waals surface area contributed by atoms with Gasteiger partial charge >= 0.3 is 13.8 Å². The topological polar surface area (TPSA) is 143 Å². The lowest BCUT2D eigenvalue weighted by Crippen LogP contribution is -2.40. The number of hydrogen-bond acceptors (Lipinski definition) is 11. The number of sulfone groups is 1. The monoisotopic (exact) mass is 682 g/mol. The molecule has 2 aliphatic rings. The highest BCUT2D eigenvalue weighted by molar-refractivity contribution is 7.91. The first kappa shape index (κ1) is 33.6. The molecule has 1 saturated heterocycles. The predicted molar refractivity (Wildman–Crippen MR) is 168 cm³/mol. The summed E-state index contributed by atoms with van der Waals surface area (Å²) >= 11 is 0. The van der Waals surface area contributed by atoms with Crippen molar-refractivity contribution in [3.63, 3.8) is 0 Å². The van der Waals surface area contributed by atoms with Crippen LogP contribution in [0.2, 0.25) is 0 Å². The number of halogens is 3. The van der Waals surface area contributed by atoms with Gasteiger partial charge in [0.05, 0.1) is 42.1 Å². The average Bonchev–Trinajstić information content (AvgIpc) is 3.28. The zero-order valence-corrected chi connectivity index (χ0v) is 27.1. The van der Waals surface area contributed by atoms with E-state index in [-0.39, 0.29) is 73.6 Å². The van der Waals surface area contributed by atoms with Crippen molar-refractivity contribution in [2.24, 2.45) is 0 Å². The minimum absolute atomic E-state index is 0.0265. The van der Waals surface area contributed by atoms with E-state index in [4.69, 9.17) is 9.05 Å². The Balaban J connectivity index is 1.42. The molecule has 1 aromatic heterocycles. The van der Waals surface area contributed by atoms with E-state index in [1.54, 1.807) is 51.2 Å². The predicted octanol–water partition coefficient (Wildman–Crippen LogP) is 5.57. The smallest absolute Gasteiger partial charge is 0.369 e. The van der Waals surface area contributed by atoms with E-state index in [2.05, 4.69) is 20.6 Å². The Morgan fingerprint density at radius 2 is 1.65 bits per heavy atom. The second-order valence-electron chi connectivity index (χ2n) is 10.8. The Kier molecular flexibility index (Phi) is 9.64. The third-order valence-electron chi connectivity index (χ3n) is 7.51. The lowest BCUT2D eigenvalue weighted by atomic mass is 10.0. The van der Waals surface area contributed by atoms with Crippen LogP contribution in [0.1, 0.15) is 40.9 Å².